The molecule has 7 atom stereocenters. The van der Waals surface area contributed by atoms with E-state index in [1.54, 1.807) is 0 Å². The number of primary amides is 1. The number of phenolic OH excluding ortho intramolecular Hbond substituents is 1. The van der Waals surface area contributed by atoms with Crippen LogP contribution in [0.2, 0.25) is 0 Å². The smallest absolute Gasteiger partial charge is 0.317 e. The Morgan fingerprint density at radius 2 is 0.808 bits per heavy atom. The van der Waals surface area contributed by atoms with Crippen LogP contribution >= 0.6 is 0 Å². The van der Waals surface area contributed by atoms with Crippen molar-refractivity contribution >= 4 is 95.1 Å². The molecule has 7 unspecified atom stereocenters. The summed E-state index contributed by atoms with van der Waals surface area (Å²) >= 11 is 0. The van der Waals surface area contributed by atoms with Crippen LogP contribution in [-0.2, 0) is 68.7 Å². The zero-order valence-corrected chi connectivity index (χ0v) is 56.7. The molecule has 6 amide bonds. The van der Waals surface area contributed by atoms with E-state index < -0.39 is 198 Å². The number of hydrogen-bond acceptors (Lipinski definition) is 27. The predicted octanol–water partition coefficient (Wildman–Crippen LogP) is -6.94. The van der Waals surface area contributed by atoms with Crippen LogP contribution in [0, 0.1) is 0 Å². The summed E-state index contributed by atoms with van der Waals surface area (Å²) in [4.78, 5) is 181. The number of phenols is 1. The van der Waals surface area contributed by atoms with Gasteiger partial charge in [-0.3, -0.25) is 102 Å². The van der Waals surface area contributed by atoms with Gasteiger partial charge in [0.2, 0.25) is 29.5 Å². The van der Waals surface area contributed by atoms with Gasteiger partial charge < -0.3 is 98.7 Å². The lowest BCUT2D eigenvalue weighted by Gasteiger charge is -2.27. The van der Waals surface area contributed by atoms with Gasteiger partial charge in [0, 0.05) is 77.4 Å². The molecule has 0 radical (unpaired) electrons. The Balaban J connectivity index is 2.34. The van der Waals surface area contributed by atoms with Gasteiger partial charge in [-0.25, -0.2) is 4.39 Å². The van der Waals surface area contributed by atoms with Crippen molar-refractivity contribution in [3.8, 4) is 5.75 Å². The molecule has 104 heavy (non-hydrogen) atoms. The van der Waals surface area contributed by atoms with E-state index >= 15 is 0 Å². The minimum Gasteiger partial charge on any atom is -0.508 e. The number of carboxylic acid groups (broad SMARTS) is 8. The molecule has 41 nitrogen and oxygen atoms in total. The van der Waals surface area contributed by atoms with Crippen LogP contribution in [0.3, 0.4) is 0 Å². The van der Waals surface area contributed by atoms with Gasteiger partial charge in [-0.1, -0.05) is 12.1 Å². The fraction of sp³-hybridized carbons (Fsp3) is 0.565. The number of halogens is 1. The number of unbranched alkanes of at least 4 members (excludes halogenated alkanes) is 2. The molecule has 0 saturated carbocycles. The van der Waals surface area contributed by atoms with E-state index in [0.29, 0.717) is 11.8 Å². The number of carbonyl (C=O) groups is 14. The molecule has 580 valence electrons. The lowest BCUT2D eigenvalue weighted by atomic mass is 10.0. The van der Waals surface area contributed by atoms with Crippen LogP contribution in [0.1, 0.15) is 54.4 Å². The number of hydrazone groups is 1. The third-order valence-corrected chi connectivity index (χ3v) is 15.1. The number of aromatic hydroxyl groups is 1. The number of alkyl halides is 1. The van der Waals surface area contributed by atoms with E-state index in [4.69, 9.17) is 10.8 Å². The standard InChI is InChI=1S/C62H93FN14O27/c63-42(57(99)58(100)46(80)37-78)26-67-71-40-11-9-39(10-12-40)60(102)69-44(6-2-4-16-66-48(82)28-75(32-52(89)90)22-18-73(30-50(85)86)20-24-77(35-55(95)96)36-56(97)98)61(103)70-45(25-38-7-13-41(79)14-8-38)62(104)68-43(59(64)101)5-1-3-15-65-47(81)27-74(31-51(87)88)21-17-72(29-49(83)84)19-23-76(33-53(91)92)34-54(93)94/h7-14,26,42-46,57-58,71,78-80,99-100H,1-6,15-25,27-37H2,(H2,64,101)(H,65,81)(H,66,82)(H,68,104)(H,69,102)(H,70,103)(H,83,84)(H,85,86)(H,87,88)(H,89,90)(H,91,92)(H,93,94)(H,95,96)(H,97,98)/b67-26+. The molecule has 0 heterocycles. The quantitative estimate of drug-likeness (QED) is 0.0166. The molecule has 0 aromatic heterocycles. The lowest BCUT2D eigenvalue weighted by molar-refractivity contribution is -0.144. The summed E-state index contributed by atoms with van der Waals surface area (Å²) in [6, 6.07) is 6.11. The molecule has 21 N–H and O–H groups in total. The molecule has 0 bridgehead atoms. The lowest BCUT2D eigenvalue weighted by Crippen LogP contribution is -2.57. The molecule has 0 fully saturated rings. The topological polar surface area (TPSA) is 632 Å². The van der Waals surface area contributed by atoms with E-state index in [-0.39, 0.29) is 127 Å². The number of nitrogens with two attached hydrogens (primary N) is 1. The number of aliphatic carboxylic acids is 8. The van der Waals surface area contributed by atoms with Gasteiger partial charge in [-0.15, -0.1) is 0 Å². The van der Waals surface area contributed by atoms with Crippen molar-refractivity contribution in [2.24, 2.45) is 10.8 Å². The van der Waals surface area contributed by atoms with E-state index in [1.165, 1.54) is 68.1 Å². The summed E-state index contributed by atoms with van der Waals surface area (Å²) in [6.07, 6.45) is -8.11. The normalized spacial score (nSPS) is 13.5. The number of carbonyl (C=O) groups excluding carboxylic acids is 6. The van der Waals surface area contributed by atoms with Crippen molar-refractivity contribution in [2.75, 3.05) is 143 Å². The predicted molar refractivity (Wildman–Crippen MR) is 358 cm³/mol. The van der Waals surface area contributed by atoms with Crippen molar-refractivity contribution in [3.63, 3.8) is 0 Å². The third-order valence-electron chi connectivity index (χ3n) is 15.1. The first-order valence-corrected chi connectivity index (χ1v) is 32.3. The number of hydrogen-bond donors (Lipinski definition) is 20. The van der Waals surface area contributed by atoms with Crippen LogP contribution in [0.5, 0.6) is 5.75 Å². The number of benzene rings is 2. The van der Waals surface area contributed by atoms with E-state index in [0.717, 1.165) is 9.80 Å². The molecule has 2 aromatic carbocycles. The number of aliphatic hydroxyl groups is 4. The average Bonchev–Trinajstić information content (AvgIpc) is 0.866. The van der Waals surface area contributed by atoms with Crippen LogP contribution in [0.4, 0.5) is 10.1 Å². The summed E-state index contributed by atoms with van der Waals surface area (Å²) < 4.78 is 14.5. The van der Waals surface area contributed by atoms with Crippen LogP contribution < -0.4 is 37.7 Å². The molecule has 0 aliphatic rings. The highest BCUT2D eigenvalue weighted by atomic mass is 19.1. The summed E-state index contributed by atoms with van der Waals surface area (Å²) in [5.74, 6) is -16.0. The number of amides is 6. The Morgan fingerprint density at radius 3 is 1.19 bits per heavy atom. The zero-order valence-electron chi connectivity index (χ0n) is 56.7. The molecule has 42 heteroatoms. The van der Waals surface area contributed by atoms with Crippen LogP contribution in [0.25, 0.3) is 0 Å². The molecule has 0 aliphatic heterocycles. The first kappa shape index (κ1) is 89.9. The molecule has 0 aliphatic carbocycles. The Hall–Kier alpha value is -10.2. The Bertz CT molecular complexity index is 3140. The van der Waals surface area contributed by atoms with Crippen molar-refractivity contribution < 1.29 is 138 Å². The maximum absolute atomic E-state index is 14.5. The maximum Gasteiger partial charge on any atom is 0.317 e. The number of nitrogens with zero attached hydrogens (tertiary/aromatic N) is 7. The van der Waals surface area contributed by atoms with Gasteiger partial charge >= 0.3 is 47.8 Å². The van der Waals surface area contributed by atoms with Crippen molar-refractivity contribution in [1.29, 1.82) is 0 Å². The second-order valence-electron chi connectivity index (χ2n) is 23.8. The molecule has 2 aromatic rings. The minimum absolute atomic E-state index is 0.0488. The Labute approximate surface area is 594 Å². The first-order valence-electron chi connectivity index (χ1n) is 32.3. The van der Waals surface area contributed by atoms with E-state index in [9.17, 15) is 133 Å². The monoisotopic (exact) mass is 1480 g/mol. The fourth-order valence-electron chi connectivity index (χ4n) is 9.89. The maximum atomic E-state index is 14.5. The molecular formula is C62H93FN14O27. The van der Waals surface area contributed by atoms with E-state index in [1.807, 2.05) is 0 Å². The fourth-order valence-corrected chi connectivity index (χ4v) is 9.89. The van der Waals surface area contributed by atoms with Crippen molar-refractivity contribution in [2.45, 2.75) is 87.6 Å². The summed E-state index contributed by atoms with van der Waals surface area (Å²) in [7, 11) is 0. The number of carboxylic acids is 8. The Morgan fingerprint density at radius 1 is 0.452 bits per heavy atom. The number of rotatable bonds is 58. The van der Waals surface area contributed by atoms with Crippen molar-refractivity contribution in [1.82, 2.24) is 56.0 Å². The zero-order chi connectivity index (χ0) is 78.0. The van der Waals surface area contributed by atoms with Gasteiger partial charge in [0.1, 0.15) is 42.2 Å². The largest absolute Gasteiger partial charge is 0.508 e. The number of anilines is 1. The SMILES string of the molecule is NC(=O)C(CCCCNC(=O)CN(CCN(CCN(CC(=O)O)CC(=O)O)CC(=O)O)CC(=O)O)NC(=O)C(Cc1ccc(O)cc1)NC(=O)C(CCCCNC(=O)CN(CCN(CCN(CC(=O)O)CC(=O)O)CC(=O)O)CC(=O)O)NC(=O)c1ccc(N/N=C/C(F)C(O)C(O)C(O)CO)cc1. The third kappa shape index (κ3) is 39.9. The second kappa shape index (κ2) is 48.7. The Kier molecular flexibility index (Phi) is 42.1. The first-order chi connectivity index (χ1) is 49.0. The molecule has 0 spiro atoms. The van der Waals surface area contributed by atoms with Gasteiger partial charge in [0.25, 0.3) is 5.91 Å². The number of aliphatic hydroxyl groups excluding tert-OH is 4. The minimum atomic E-state index is -2.33. The second-order valence-corrected chi connectivity index (χ2v) is 23.8. The van der Waals surface area contributed by atoms with E-state index in [2.05, 4.69) is 37.1 Å². The van der Waals surface area contributed by atoms with Gasteiger partial charge in [0.15, 0.2) is 6.17 Å². The molecule has 0 saturated heterocycles. The van der Waals surface area contributed by atoms with Gasteiger partial charge in [-0.05, 0) is 80.5 Å². The molecule has 2 rings (SSSR count). The summed E-state index contributed by atoms with van der Waals surface area (Å²) in [6.45, 7) is -8.72. The highest BCUT2D eigenvalue weighted by Gasteiger charge is 2.32. The van der Waals surface area contributed by atoms with Gasteiger partial charge in [0.05, 0.1) is 84.0 Å². The van der Waals surface area contributed by atoms with Crippen molar-refractivity contribution in [3.05, 3.63) is 59.7 Å². The average molecular weight is 1490 g/mol. The highest BCUT2D eigenvalue weighted by molar-refractivity contribution is 5.99. The summed E-state index contributed by atoms with van der Waals surface area (Å²) in [5.41, 5.74) is 8.62. The van der Waals surface area contributed by atoms with Crippen LogP contribution in [-0.4, -0.2) is 365 Å². The summed E-state index contributed by atoms with van der Waals surface area (Å²) in [5, 5.41) is 140. The number of nitrogens with one attached hydrogen (secondary N) is 6. The highest BCUT2D eigenvalue weighted by Crippen LogP contribution is 2.16. The van der Waals surface area contributed by atoms with Crippen LogP contribution in [0.15, 0.2) is 53.6 Å². The van der Waals surface area contributed by atoms with Gasteiger partial charge in [-0.2, -0.15) is 5.10 Å². The molecular weight excluding hydrogens is 1390 g/mol.